The third-order valence-corrected chi connectivity index (χ3v) is 3.54. The Morgan fingerprint density at radius 1 is 1.00 bits per heavy atom. The number of fused-ring (bicyclic) bond motifs is 1. The van der Waals surface area contributed by atoms with Gasteiger partial charge in [0.05, 0.1) is 5.69 Å². The Balaban J connectivity index is 1.41. The fourth-order valence-corrected chi connectivity index (χ4v) is 2.52. The van der Waals surface area contributed by atoms with Crippen LogP contribution in [0.3, 0.4) is 0 Å². The fraction of sp³-hybridized carbons (Fsp3) is 0.312. The Labute approximate surface area is 114 Å². The van der Waals surface area contributed by atoms with Crippen molar-refractivity contribution in [3.8, 4) is 0 Å². The SMILES string of the molecule is c1ccc(CNCCN2Cc3ccccc3C2)nc1. The van der Waals surface area contributed by atoms with Crippen molar-refractivity contribution in [2.24, 2.45) is 0 Å². The summed E-state index contributed by atoms with van der Waals surface area (Å²) in [6, 6.07) is 14.8. The molecule has 1 aromatic carbocycles. The monoisotopic (exact) mass is 253 g/mol. The summed E-state index contributed by atoms with van der Waals surface area (Å²) in [7, 11) is 0. The van der Waals surface area contributed by atoms with Crippen molar-refractivity contribution in [2.75, 3.05) is 13.1 Å². The molecule has 2 aromatic rings. The molecule has 1 aliphatic heterocycles. The lowest BCUT2D eigenvalue weighted by molar-refractivity contribution is 0.283. The molecule has 3 rings (SSSR count). The van der Waals surface area contributed by atoms with Crippen molar-refractivity contribution in [2.45, 2.75) is 19.6 Å². The van der Waals surface area contributed by atoms with Crippen LogP contribution in [-0.2, 0) is 19.6 Å². The minimum atomic E-state index is 0.849. The lowest BCUT2D eigenvalue weighted by atomic mass is 10.1. The van der Waals surface area contributed by atoms with Gasteiger partial charge in [0.2, 0.25) is 0 Å². The second-order valence-corrected chi connectivity index (χ2v) is 4.98. The van der Waals surface area contributed by atoms with Gasteiger partial charge in [0, 0.05) is 38.9 Å². The Bertz CT molecular complexity index is 500. The van der Waals surface area contributed by atoms with E-state index >= 15 is 0 Å². The summed E-state index contributed by atoms with van der Waals surface area (Å²) in [5.74, 6) is 0. The Morgan fingerprint density at radius 3 is 2.42 bits per heavy atom. The topological polar surface area (TPSA) is 28.2 Å². The number of nitrogens with zero attached hydrogens (tertiary/aromatic N) is 2. The van der Waals surface area contributed by atoms with Crippen molar-refractivity contribution >= 4 is 0 Å². The molecule has 2 heterocycles. The molecule has 0 aliphatic carbocycles. The van der Waals surface area contributed by atoms with Crippen LogP contribution in [0, 0.1) is 0 Å². The zero-order chi connectivity index (χ0) is 12.9. The number of hydrogen-bond donors (Lipinski definition) is 1. The molecule has 0 bridgehead atoms. The highest BCUT2D eigenvalue weighted by molar-refractivity contribution is 5.30. The number of pyridine rings is 1. The highest BCUT2D eigenvalue weighted by atomic mass is 15.2. The molecule has 19 heavy (non-hydrogen) atoms. The van der Waals surface area contributed by atoms with Crippen LogP contribution in [0.1, 0.15) is 16.8 Å². The summed E-state index contributed by atoms with van der Waals surface area (Å²) in [5, 5.41) is 3.45. The smallest absolute Gasteiger partial charge is 0.0541 e. The van der Waals surface area contributed by atoms with E-state index in [1.807, 2.05) is 18.3 Å². The Hall–Kier alpha value is -1.71. The van der Waals surface area contributed by atoms with Crippen molar-refractivity contribution in [1.82, 2.24) is 15.2 Å². The van der Waals surface area contributed by atoms with E-state index in [2.05, 4.69) is 45.5 Å². The van der Waals surface area contributed by atoms with Gasteiger partial charge in [0.25, 0.3) is 0 Å². The summed E-state index contributed by atoms with van der Waals surface area (Å²) in [6.07, 6.45) is 1.84. The van der Waals surface area contributed by atoms with Gasteiger partial charge in [-0.15, -0.1) is 0 Å². The van der Waals surface area contributed by atoms with Crippen molar-refractivity contribution in [3.05, 3.63) is 65.5 Å². The van der Waals surface area contributed by atoms with Crippen LogP contribution in [-0.4, -0.2) is 23.0 Å². The summed E-state index contributed by atoms with van der Waals surface area (Å²) in [5.41, 5.74) is 4.06. The molecule has 0 amide bonds. The van der Waals surface area contributed by atoms with Gasteiger partial charge in [-0.1, -0.05) is 30.3 Å². The van der Waals surface area contributed by atoms with Crippen LogP contribution in [0.25, 0.3) is 0 Å². The molecule has 0 radical (unpaired) electrons. The molecule has 0 unspecified atom stereocenters. The highest BCUT2D eigenvalue weighted by Crippen LogP contribution is 2.21. The quantitative estimate of drug-likeness (QED) is 0.828. The fourth-order valence-electron chi connectivity index (χ4n) is 2.52. The molecule has 1 N–H and O–H groups in total. The molecule has 0 spiro atoms. The first-order valence-corrected chi connectivity index (χ1v) is 6.81. The summed E-state index contributed by atoms with van der Waals surface area (Å²) in [4.78, 5) is 6.79. The molecule has 0 saturated heterocycles. The maximum Gasteiger partial charge on any atom is 0.0541 e. The van der Waals surface area contributed by atoms with Gasteiger partial charge < -0.3 is 5.32 Å². The number of benzene rings is 1. The number of aromatic nitrogens is 1. The van der Waals surface area contributed by atoms with Crippen molar-refractivity contribution in [1.29, 1.82) is 0 Å². The van der Waals surface area contributed by atoms with Gasteiger partial charge in [-0.3, -0.25) is 9.88 Å². The zero-order valence-electron chi connectivity index (χ0n) is 11.0. The van der Waals surface area contributed by atoms with E-state index in [9.17, 15) is 0 Å². The summed E-state index contributed by atoms with van der Waals surface area (Å²) >= 11 is 0. The average molecular weight is 253 g/mol. The first-order chi connectivity index (χ1) is 9.42. The van der Waals surface area contributed by atoms with Gasteiger partial charge in [0.15, 0.2) is 0 Å². The minimum absolute atomic E-state index is 0.849. The number of rotatable bonds is 5. The highest BCUT2D eigenvalue weighted by Gasteiger charge is 2.16. The van der Waals surface area contributed by atoms with E-state index in [1.54, 1.807) is 0 Å². The molecule has 98 valence electrons. The Kier molecular flexibility index (Phi) is 3.86. The van der Waals surface area contributed by atoms with Crippen LogP contribution >= 0.6 is 0 Å². The predicted octanol–water partition coefficient (Wildman–Crippen LogP) is 2.19. The van der Waals surface area contributed by atoms with E-state index in [0.29, 0.717) is 0 Å². The molecule has 1 aromatic heterocycles. The largest absolute Gasteiger partial charge is 0.310 e. The maximum atomic E-state index is 4.30. The normalized spacial score (nSPS) is 14.5. The zero-order valence-corrected chi connectivity index (χ0v) is 11.0. The van der Waals surface area contributed by atoms with Gasteiger partial charge >= 0.3 is 0 Å². The summed E-state index contributed by atoms with van der Waals surface area (Å²) < 4.78 is 0. The van der Waals surface area contributed by atoms with E-state index in [1.165, 1.54) is 11.1 Å². The molecule has 0 saturated carbocycles. The molecule has 0 atom stereocenters. The molecular formula is C16H19N3. The summed E-state index contributed by atoms with van der Waals surface area (Å²) in [6.45, 7) is 5.11. The maximum absolute atomic E-state index is 4.30. The molecule has 3 nitrogen and oxygen atoms in total. The molecule has 0 fully saturated rings. The van der Waals surface area contributed by atoms with E-state index < -0.39 is 0 Å². The number of hydrogen-bond acceptors (Lipinski definition) is 3. The first kappa shape index (κ1) is 12.3. The standard InChI is InChI=1S/C16H19N3/c1-2-6-15-13-19(12-14(15)5-1)10-9-17-11-16-7-3-4-8-18-16/h1-8,17H,9-13H2. The van der Waals surface area contributed by atoms with Gasteiger partial charge in [-0.25, -0.2) is 0 Å². The third-order valence-electron chi connectivity index (χ3n) is 3.54. The van der Waals surface area contributed by atoms with Crippen LogP contribution in [0.15, 0.2) is 48.7 Å². The number of nitrogens with one attached hydrogen (secondary N) is 1. The lowest BCUT2D eigenvalue weighted by Crippen LogP contribution is -2.28. The predicted molar refractivity (Wildman–Crippen MR) is 76.5 cm³/mol. The molecular weight excluding hydrogens is 234 g/mol. The average Bonchev–Trinajstić information content (AvgIpc) is 2.87. The van der Waals surface area contributed by atoms with Crippen molar-refractivity contribution in [3.63, 3.8) is 0 Å². The van der Waals surface area contributed by atoms with Gasteiger partial charge in [0.1, 0.15) is 0 Å². The first-order valence-electron chi connectivity index (χ1n) is 6.81. The molecule has 3 heteroatoms. The van der Waals surface area contributed by atoms with E-state index in [4.69, 9.17) is 0 Å². The minimum Gasteiger partial charge on any atom is -0.310 e. The molecule has 1 aliphatic rings. The second kappa shape index (κ2) is 5.95. The van der Waals surface area contributed by atoms with Crippen LogP contribution in [0.4, 0.5) is 0 Å². The second-order valence-electron chi connectivity index (χ2n) is 4.98. The third kappa shape index (κ3) is 3.19. The van der Waals surface area contributed by atoms with Crippen LogP contribution in [0.2, 0.25) is 0 Å². The van der Waals surface area contributed by atoms with E-state index in [-0.39, 0.29) is 0 Å². The lowest BCUT2D eigenvalue weighted by Gasteiger charge is -2.14. The van der Waals surface area contributed by atoms with E-state index in [0.717, 1.165) is 38.4 Å². The van der Waals surface area contributed by atoms with Crippen LogP contribution in [0.5, 0.6) is 0 Å². The Morgan fingerprint density at radius 2 is 1.74 bits per heavy atom. The van der Waals surface area contributed by atoms with Gasteiger partial charge in [-0.2, -0.15) is 0 Å². The van der Waals surface area contributed by atoms with Gasteiger partial charge in [-0.05, 0) is 23.3 Å². The van der Waals surface area contributed by atoms with Crippen molar-refractivity contribution < 1.29 is 0 Å². The van der Waals surface area contributed by atoms with Crippen LogP contribution < -0.4 is 5.32 Å².